The molecule has 0 atom stereocenters. The largest absolute Gasteiger partial charge is 0.383 e. The Hall–Kier alpha value is -0.570. The first kappa shape index (κ1) is 22.4. The van der Waals surface area contributed by atoms with E-state index >= 15 is 0 Å². The number of aliphatic imine (C=N–C) groups is 1. The van der Waals surface area contributed by atoms with Crippen LogP contribution in [0.1, 0.15) is 39.5 Å². The number of carbonyl (C=O) groups excluding carboxylic acids is 1. The second-order valence-electron chi connectivity index (χ2n) is 6.27. The van der Waals surface area contributed by atoms with Gasteiger partial charge in [-0.3, -0.25) is 9.79 Å². The first-order valence-corrected chi connectivity index (χ1v) is 8.29. The molecule has 0 radical (unpaired) electrons. The smallest absolute Gasteiger partial charge is 0.239 e. The van der Waals surface area contributed by atoms with Gasteiger partial charge in [-0.25, -0.2) is 0 Å². The number of methoxy groups -OCH3 is 1. The summed E-state index contributed by atoms with van der Waals surface area (Å²) in [6, 6.07) is 0.456. The van der Waals surface area contributed by atoms with Crippen LogP contribution in [0.15, 0.2) is 4.99 Å². The SMILES string of the molecule is CN=C(NCC(=O)NCCOC)NC1CCC(C(C)C)CC1.I. The van der Waals surface area contributed by atoms with Crippen molar-refractivity contribution in [2.45, 2.75) is 45.6 Å². The van der Waals surface area contributed by atoms with Crippen LogP contribution >= 0.6 is 24.0 Å². The maximum atomic E-state index is 11.6. The highest BCUT2D eigenvalue weighted by Crippen LogP contribution is 2.29. The monoisotopic (exact) mass is 440 g/mol. The minimum atomic E-state index is -0.0523. The van der Waals surface area contributed by atoms with Crippen molar-refractivity contribution in [2.24, 2.45) is 16.8 Å². The molecule has 1 rings (SSSR count). The molecule has 0 aromatic heterocycles. The van der Waals surface area contributed by atoms with Crippen molar-refractivity contribution in [3.8, 4) is 0 Å². The summed E-state index contributed by atoms with van der Waals surface area (Å²) in [5.41, 5.74) is 0. The molecule has 0 saturated heterocycles. The van der Waals surface area contributed by atoms with Gasteiger partial charge in [0.1, 0.15) is 0 Å². The Labute approximate surface area is 157 Å². The fourth-order valence-electron chi connectivity index (χ4n) is 2.84. The number of nitrogens with one attached hydrogen (secondary N) is 3. The van der Waals surface area contributed by atoms with Crippen molar-refractivity contribution >= 4 is 35.8 Å². The van der Waals surface area contributed by atoms with Gasteiger partial charge in [0.15, 0.2) is 5.96 Å². The minimum absolute atomic E-state index is 0. The number of ether oxygens (including phenoxy) is 1. The summed E-state index contributed by atoms with van der Waals surface area (Å²) in [6.45, 7) is 5.90. The Balaban J connectivity index is 0.00000484. The molecule has 1 aliphatic carbocycles. The zero-order chi connectivity index (χ0) is 16.4. The number of amides is 1. The zero-order valence-electron chi connectivity index (χ0n) is 14.9. The van der Waals surface area contributed by atoms with Crippen molar-refractivity contribution < 1.29 is 9.53 Å². The van der Waals surface area contributed by atoms with Crippen molar-refractivity contribution in [3.63, 3.8) is 0 Å². The Kier molecular flexibility index (Phi) is 12.5. The Bertz CT molecular complexity index is 356. The fourth-order valence-corrected chi connectivity index (χ4v) is 2.84. The molecule has 0 bridgehead atoms. The first-order valence-electron chi connectivity index (χ1n) is 8.29. The molecule has 7 heteroatoms. The Morgan fingerprint density at radius 3 is 2.39 bits per heavy atom. The predicted molar refractivity (Wildman–Crippen MR) is 105 cm³/mol. The quantitative estimate of drug-likeness (QED) is 0.244. The van der Waals surface area contributed by atoms with Gasteiger partial charge in [-0.05, 0) is 37.5 Å². The maximum Gasteiger partial charge on any atom is 0.239 e. The molecule has 1 saturated carbocycles. The molecular weight excluding hydrogens is 407 g/mol. The fraction of sp³-hybridized carbons (Fsp3) is 0.875. The van der Waals surface area contributed by atoms with Crippen LogP contribution in [-0.4, -0.2) is 51.8 Å². The lowest BCUT2D eigenvalue weighted by Crippen LogP contribution is -2.48. The van der Waals surface area contributed by atoms with E-state index in [9.17, 15) is 4.79 Å². The van der Waals surface area contributed by atoms with Gasteiger partial charge < -0.3 is 20.7 Å². The molecule has 1 amide bonds. The molecule has 0 heterocycles. The van der Waals surface area contributed by atoms with E-state index in [1.807, 2.05) is 0 Å². The number of halogens is 1. The first-order chi connectivity index (χ1) is 10.6. The average Bonchev–Trinajstić information content (AvgIpc) is 2.52. The summed E-state index contributed by atoms with van der Waals surface area (Å²) >= 11 is 0. The van der Waals surface area contributed by atoms with Crippen LogP contribution in [0.3, 0.4) is 0 Å². The van der Waals surface area contributed by atoms with Gasteiger partial charge in [-0.15, -0.1) is 24.0 Å². The van der Waals surface area contributed by atoms with Crippen LogP contribution in [0.25, 0.3) is 0 Å². The summed E-state index contributed by atoms with van der Waals surface area (Å²) in [6.07, 6.45) is 4.88. The molecule has 0 aromatic rings. The van der Waals surface area contributed by atoms with Crippen LogP contribution < -0.4 is 16.0 Å². The molecular formula is C16H33IN4O2. The van der Waals surface area contributed by atoms with E-state index in [0.717, 1.165) is 11.8 Å². The molecule has 0 aliphatic heterocycles. The molecule has 6 nitrogen and oxygen atoms in total. The van der Waals surface area contributed by atoms with Gasteiger partial charge in [0.2, 0.25) is 5.91 Å². The normalized spacial score (nSPS) is 21.5. The second-order valence-corrected chi connectivity index (χ2v) is 6.27. The summed E-state index contributed by atoms with van der Waals surface area (Å²) in [4.78, 5) is 15.8. The third kappa shape index (κ3) is 9.34. The lowest BCUT2D eigenvalue weighted by Gasteiger charge is -2.32. The van der Waals surface area contributed by atoms with E-state index in [-0.39, 0.29) is 36.4 Å². The van der Waals surface area contributed by atoms with Gasteiger partial charge in [0.25, 0.3) is 0 Å². The highest BCUT2D eigenvalue weighted by Gasteiger charge is 2.23. The van der Waals surface area contributed by atoms with Crippen LogP contribution in [-0.2, 0) is 9.53 Å². The molecule has 136 valence electrons. The summed E-state index contributed by atoms with van der Waals surface area (Å²) in [5.74, 6) is 2.27. The van der Waals surface area contributed by atoms with Gasteiger partial charge in [-0.1, -0.05) is 13.8 Å². The van der Waals surface area contributed by atoms with Crippen LogP contribution in [0, 0.1) is 11.8 Å². The molecule has 0 aromatic carbocycles. The highest BCUT2D eigenvalue weighted by atomic mass is 127. The second kappa shape index (κ2) is 12.8. The van der Waals surface area contributed by atoms with E-state index in [1.165, 1.54) is 25.7 Å². The summed E-state index contributed by atoms with van der Waals surface area (Å²) < 4.78 is 4.89. The molecule has 0 spiro atoms. The molecule has 23 heavy (non-hydrogen) atoms. The van der Waals surface area contributed by atoms with Gasteiger partial charge in [-0.2, -0.15) is 0 Å². The van der Waals surface area contributed by atoms with Crippen LogP contribution in [0.5, 0.6) is 0 Å². The third-order valence-electron chi connectivity index (χ3n) is 4.32. The number of hydrogen-bond donors (Lipinski definition) is 3. The number of guanidine groups is 1. The van der Waals surface area contributed by atoms with E-state index in [1.54, 1.807) is 14.2 Å². The van der Waals surface area contributed by atoms with E-state index in [4.69, 9.17) is 4.74 Å². The summed E-state index contributed by atoms with van der Waals surface area (Å²) in [5, 5.41) is 9.26. The number of hydrogen-bond acceptors (Lipinski definition) is 3. The van der Waals surface area contributed by atoms with E-state index < -0.39 is 0 Å². The third-order valence-corrected chi connectivity index (χ3v) is 4.32. The number of carbonyl (C=O) groups is 1. The van der Waals surface area contributed by atoms with Gasteiger partial charge >= 0.3 is 0 Å². The molecule has 1 fully saturated rings. The number of rotatable bonds is 7. The highest BCUT2D eigenvalue weighted by molar-refractivity contribution is 14.0. The lowest BCUT2D eigenvalue weighted by molar-refractivity contribution is -0.120. The molecule has 3 N–H and O–H groups in total. The van der Waals surface area contributed by atoms with Crippen molar-refractivity contribution in [3.05, 3.63) is 0 Å². The standard InChI is InChI=1S/C16H32N4O2.HI/c1-12(2)13-5-7-14(8-6-13)20-16(17-3)19-11-15(21)18-9-10-22-4;/h12-14H,5-11H2,1-4H3,(H,18,21)(H2,17,19,20);1H. The van der Waals surface area contributed by atoms with E-state index in [2.05, 4.69) is 34.8 Å². The van der Waals surface area contributed by atoms with E-state index in [0.29, 0.717) is 25.2 Å². The zero-order valence-corrected chi connectivity index (χ0v) is 17.2. The topological polar surface area (TPSA) is 74.8 Å². The van der Waals surface area contributed by atoms with Crippen LogP contribution in [0.2, 0.25) is 0 Å². The predicted octanol–water partition coefficient (Wildman–Crippen LogP) is 1.75. The minimum Gasteiger partial charge on any atom is -0.383 e. The maximum absolute atomic E-state index is 11.6. The van der Waals surface area contributed by atoms with Gasteiger partial charge in [0.05, 0.1) is 13.2 Å². The number of nitrogens with zero attached hydrogens (tertiary/aromatic N) is 1. The molecule has 0 unspecified atom stereocenters. The molecule has 1 aliphatic rings. The van der Waals surface area contributed by atoms with Crippen molar-refractivity contribution in [2.75, 3.05) is 33.9 Å². The Morgan fingerprint density at radius 2 is 1.87 bits per heavy atom. The average molecular weight is 440 g/mol. The summed E-state index contributed by atoms with van der Waals surface area (Å²) in [7, 11) is 3.35. The van der Waals surface area contributed by atoms with Crippen molar-refractivity contribution in [1.82, 2.24) is 16.0 Å². The lowest BCUT2D eigenvalue weighted by atomic mass is 9.80. The Morgan fingerprint density at radius 1 is 1.22 bits per heavy atom. The van der Waals surface area contributed by atoms with Crippen molar-refractivity contribution in [1.29, 1.82) is 0 Å². The van der Waals surface area contributed by atoms with Gasteiger partial charge in [0, 0.05) is 26.7 Å². The van der Waals surface area contributed by atoms with Crippen LogP contribution in [0.4, 0.5) is 0 Å².